The molecule has 0 saturated carbocycles. The van der Waals surface area contributed by atoms with E-state index in [1.165, 1.54) is 5.56 Å². The first-order valence-corrected chi connectivity index (χ1v) is 8.76. The van der Waals surface area contributed by atoms with Gasteiger partial charge in [0.2, 0.25) is 17.6 Å². The van der Waals surface area contributed by atoms with Gasteiger partial charge in [0, 0.05) is 31.4 Å². The van der Waals surface area contributed by atoms with Crippen LogP contribution in [0, 0.1) is 6.92 Å². The van der Waals surface area contributed by atoms with Crippen LogP contribution < -0.4 is 5.32 Å². The number of nitrogens with one attached hydrogen (secondary N) is 1. The monoisotopic (exact) mass is 352 g/mol. The molecule has 134 valence electrons. The third-order valence-electron chi connectivity index (χ3n) is 4.47. The van der Waals surface area contributed by atoms with Crippen LogP contribution in [0.3, 0.4) is 0 Å². The average Bonchev–Trinajstić information content (AvgIpc) is 3.36. The highest BCUT2D eigenvalue weighted by molar-refractivity contribution is 5.75. The van der Waals surface area contributed by atoms with Gasteiger partial charge in [-0.2, -0.15) is 4.98 Å². The van der Waals surface area contributed by atoms with Crippen molar-refractivity contribution in [1.29, 1.82) is 0 Å². The van der Waals surface area contributed by atoms with E-state index < -0.39 is 0 Å². The number of carbonyl (C=O) groups excluding carboxylic acids is 1. The molecule has 8 nitrogen and oxygen atoms in total. The highest BCUT2D eigenvalue weighted by Crippen LogP contribution is 2.17. The number of fused-ring (bicyclic) bond motifs is 1. The van der Waals surface area contributed by atoms with E-state index >= 15 is 0 Å². The predicted octanol–water partition coefficient (Wildman–Crippen LogP) is 1.83. The summed E-state index contributed by atoms with van der Waals surface area (Å²) in [7, 11) is 0. The summed E-state index contributed by atoms with van der Waals surface area (Å²) in [5.74, 6) is 2.74. The van der Waals surface area contributed by atoms with Crippen LogP contribution in [0.15, 0.2) is 28.8 Å². The van der Waals surface area contributed by atoms with Crippen LogP contribution in [0.25, 0.3) is 11.4 Å². The van der Waals surface area contributed by atoms with E-state index in [-0.39, 0.29) is 12.3 Å². The van der Waals surface area contributed by atoms with Crippen LogP contribution in [-0.4, -0.2) is 30.8 Å². The molecule has 1 amide bonds. The summed E-state index contributed by atoms with van der Waals surface area (Å²) in [6.07, 6.45) is 2.74. The van der Waals surface area contributed by atoms with E-state index in [0.717, 1.165) is 36.6 Å². The Morgan fingerprint density at radius 3 is 2.96 bits per heavy atom. The molecule has 8 heteroatoms. The van der Waals surface area contributed by atoms with Crippen molar-refractivity contribution in [3.63, 3.8) is 0 Å². The highest BCUT2D eigenvalue weighted by atomic mass is 16.5. The number of nitrogens with zero attached hydrogens (tertiary/aromatic N) is 5. The SMILES string of the molecule is Cc1ccc(-c2noc(CCC(=O)NCc3nnc4n3CCC4)n2)cc1. The molecule has 0 radical (unpaired) electrons. The number of rotatable bonds is 6. The molecule has 3 heterocycles. The number of benzene rings is 1. The summed E-state index contributed by atoms with van der Waals surface area (Å²) < 4.78 is 7.32. The van der Waals surface area contributed by atoms with E-state index in [0.29, 0.717) is 24.7 Å². The molecule has 3 aromatic rings. The molecule has 0 unspecified atom stereocenters. The van der Waals surface area contributed by atoms with Gasteiger partial charge < -0.3 is 14.4 Å². The van der Waals surface area contributed by atoms with E-state index in [1.807, 2.05) is 31.2 Å². The van der Waals surface area contributed by atoms with Gasteiger partial charge in [-0.3, -0.25) is 4.79 Å². The molecule has 0 aliphatic carbocycles. The maximum atomic E-state index is 12.1. The van der Waals surface area contributed by atoms with Crippen LogP contribution in [0.1, 0.15) is 35.9 Å². The van der Waals surface area contributed by atoms with E-state index in [2.05, 4.69) is 30.2 Å². The Hall–Kier alpha value is -3.03. The van der Waals surface area contributed by atoms with Gasteiger partial charge in [-0.05, 0) is 13.3 Å². The van der Waals surface area contributed by atoms with Gasteiger partial charge in [0.1, 0.15) is 5.82 Å². The van der Waals surface area contributed by atoms with Crippen molar-refractivity contribution in [3.8, 4) is 11.4 Å². The van der Waals surface area contributed by atoms with Crippen LogP contribution in [0.5, 0.6) is 0 Å². The smallest absolute Gasteiger partial charge is 0.227 e. The van der Waals surface area contributed by atoms with Gasteiger partial charge >= 0.3 is 0 Å². The number of carbonyl (C=O) groups is 1. The molecule has 2 aromatic heterocycles. The van der Waals surface area contributed by atoms with Crippen LogP contribution in [0.2, 0.25) is 0 Å². The lowest BCUT2D eigenvalue weighted by Crippen LogP contribution is -2.24. The van der Waals surface area contributed by atoms with Gasteiger partial charge in [-0.15, -0.1) is 10.2 Å². The minimum absolute atomic E-state index is 0.0737. The Morgan fingerprint density at radius 2 is 2.12 bits per heavy atom. The number of amides is 1. The largest absolute Gasteiger partial charge is 0.349 e. The Kier molecular flexibility index (Phi) is 4.47. The number of hydrogen-bond donors (Lipinski definition) is 1. The summed E-state index contributed by atoms with van der Waals surface area (Å²) >= 11 is 0. The van der Waals surface area contributed by atoms with Crippen LogP contribution in [0.4, 0.5) is 0 Å². The lowest BCUT2D eigenvalue weighted by molar-refractivity contribution is -0.121. The predicted molar refractivity (Wildman–Crippen MR) is 93.0 cm³/mol. The van der Waals surface area contributed by atoms with Crippen molar-refractivity contribution < 1.29 is 9.32 Å². The summed E-state index contributed by atoms with van der Waals surface area (Å²) in [4.78, 5) is 16.4. The Bertz CT molecular complexity index is 912. The average molecular weight is 352 g/mol. The standard InChI is InChI=1S/C18H20N6O2/c1-12-4-6-13(7-5-12)18-20-17(26-23-18)9-8-16(25)19-11-15-22-21-14-3-2-10-24(14)15/h4-7H,2-3,8-11H2,1H3,(H,19,25). The third kappa shape index (κ3) is 3.49. The topological polar surface area (TPSA) is 98.7 Å². The first-order valence-electron chi connectivity index (χ1n) is 8.76. The molecule has 0 spiro atoms. The lowest BCUT2D eigenvalue weighted by Gasteiger charge is -2.04. The third-order valence-corrected chi connectivity index (χ3v) is 4.47. The molecule has 26 heavy (non-hydrogen) atoms. The molecule has 0 saturated heterocycles. The molecule has 0 fully saturated rings. The maximum absolute atomic E-state index is 12.1. The molecule has 1 aromatic carbocycles. The molecule has 1 N–H and O–H groups in total. The molecule has 1 aliphatic rings. The first-order chi connectivity index (χ1) is 12.7. The van der Waals surface area contributed by atoms with Gasteiger partial charge in [0.25, 0.3) is 0 Å². The molecule has 1 aliphatic heterocycles. The second-order valence-corrected chi connectivity index (χ2v) is 6.44. The second-order valence-electron chi connectivity index (χ2n) is 6.44. The summed E-state index contributed by atoms with van der Waals surface area (Å²) in [6, 6.07) is 7.90. The molecule has 4 rings (SSSR count). The van der Waals surface area contributed by atoms with Crippen LogP contribution in [-0.2, 0) is 30.7 Å². The summed E-state index contributed by atoms with van der Waals surface area (Å²) in [5.41, 5.74) is 2.07. The number of aryl methyl sites for hydroxylation is 3. The molecule has 0 atom stereocenters. The summed E-state index contributed by atoms with van der Waals surface area (Å²) in [6.45, 7) is 3.35. The fraction of sp³-hybridized carbons (Fsp3) is 0.389. The van der Waals surface area contributed by atoms with E-state index in [9.17, 15) is 4.79 Å². The van der Waals surface area contributed by atoms with Crippen molar-refractivity contribution in [1.82, 2.24) is 30.2 Å². The summed E-state index contributed by atoms with van der Waals surface area (Å²) in [5, 5.41) is 15.1. The van der Waals surface area contributed by atoms with Gasteiger partial charge in [-0.1, -0.05) is 35.0 Å². The van der Waals surface area contributed by atoms with Crippen molar-refractivity contribution >= 4 is 5.91 Å². The van der Waals surface area contributed by atoms with Gasteiger partial charge in [-0.25, -0.2) is 0 Å². The zero-order chi connectivity index (χ0) is 17.9. The Balaban J connectivity index is 1.28. The van der Waals surface area contributed by atoms with Crippen molar-refractivity contribution in [2.75, 3.05) is 0 Å². The minimum atomic E-state index is -0.0737. The lowest BCUT2D eigenvalue weighted by atomic mass is 10.1. The Morgan fingerprint density at radius 1 is 1.27 bits per heavy atom. The van der Waals surface area contributed by atoms with E-state index in [1.54, 1.807) is 0 Å². The highest BCUT2D eigenvalue weighted by Gasteiger charge is 2.17. The van der Waals surface area contributed by atoms with E-state index in [4.69, 9.17) is 4.52 Å². The van der Waals surface area contributed by atoms with Crippen molar-refractivity contribution in [3.05, 3.63) is 47.4 Å². The molecule has 0 bridgehead atoms. The van der Waals surface area contributed by atoms with Gasteiger partial charge in [0.05, 0.1) is 6.54 Å². The zero-order valence-corrected chi connectivity index (χ0v) is 14.6. The maximum Gasteiger partial charge on any atom is 0.227 e. The van der Waals surface area contributed by atoms with Crippen molar-refractivity contribution in [2.45, 2.75) is 45.7 Å². The second kappa shape index (κ2) is 7.07. The Labute approximate surface area is 150 Å². The number of aromatic nitrogens is 5. The van der Waals surface area contributed by atoms with Crippen LogP contribution >= 0.6 is 0 Å². The minimum Gasteiger partial charge on any atom is -0.349 e. The quantitative estimate of drug-likeness (QED) is 0.727. The fourth-order valence-corrected chi connectivity index (χ4v) is 3.00. The molecular formula is C18H20N6O2. The first kappa shape index (κ1) is 16.4. The molecular weight excluding hydrogens is 332 g/mol. The zero-order valence-electron chi connectivity index (χ0n) is 14.6. The number of hydrogen-bond acceptors (Lipinski definition) is 6. The van der Waals surface area contributed by atoms with Crippen molar-refractivity contribution in [2.24, 2.45) is 0 Å². The fourth-order valence-electron chi connectivity index (χ4n) is 3.00. The van der Waals surface area contributed by atoms with Gasteiger partial charge in [0.15, 0.2) is 5.82 Å². The normalized spacial score (nSPS) is 13.0.